The van der Waals surface area contributed by atoms with Crippen molar-refractivity contribution in [3.63, 3.8) is 0 Å². The van der Waals surface area contributed by atoms with Crippen LogP contribution in [-0.2, 0) is 0 Å². The van der Waals surface area contributed by atoms with Gasteiger partial charge < -0.3 is 15.3 Å². The van der Waals surface area contributed by atoms with E-state index in [0.717, 1.165) is 18.4 Å². The van der Waals surface area contributed by atoms with Gasteiger partial charge in [-0.05, 0) is 36.7 Å². The minimum atomic E-state index is -2.12. The molecule has 0 unspecified atom stereocenters. The number of aliphatic hydroxyl groups is 3. The second kappa shape index (κ2) is 4.15. The van der Waals surface area contributed by atoms with E-state index in [1.165, 1.54) is 12.0 Å². The third-order valence-electron chi connectivity index (χ3n) is 6.61. The molecule has 4 aliphatic rings. The van der Waals surface area contributed by atoms with Crippen LogP contribution in [0.2, 0.25) is 0 Å². The molecule has 3 N–H and O–H groups in total. The topological polar surface area (TPSA) is 60.7 Å². The van der Waals surface area contributed by atoms with Crippen LogP contribution in [0, 0.1) is 22.7 Å². The fourth-order valence-corrected chi connectivity index (χ4v) is 5.13. The van der Waals surface area contributed by atoms with Gasteiger partial charge in [0.05, 0.1) is 0 Å². The van der Waals surface area contributed by atoms with E-state index >= 15 is 0 Å². The Morgan fingerprint density at radius 1 is 1.18 bits per heavy atom. The average molecular weight is 300 g/mol. The summed E-state index contributed by atoms with van der Waals surface area (Å²) in [7, 11) is 0. The standard InChI is InChI=1S/C19H24O3/c1-17-8-3-4-14(17)13-6-5-12-10-19(21,22)16(20)11-18(12,2)15(13)7-9-17/h3-6,11,14-15,20-22H,7-10H2,1-2H3/t14-,15-,17-,18-/m0/s1. The highest BCUT2D eigenvalue weighted by atomic mass is 16.5. The molecule has 0 aliphatic heterocycles. The summed E-state index contributed by atoms with van der Waals surface area (Å²) in [5.41, 5.74) is 2.49. The maximum absolute atomic E-state index is 10.1. The second-order valence-corrected chi connectivity index (χ2v) is 8.02. The van der Waals surface area contributed by atoms with Crippen LogP contribution < -0.4 is 0 Å². The van der Waals surface area contributed by atoms with Crippen LogP contribution in [0.3, 0.4) is 0 Å². The Balaban J connectivity index is 1.82. The summed E-state index contributed by atoms with van der Waals surface area (Å²) in [5.74, 6) is -1.60. The van der Waals surface area contributed by atoms with Crippen molar-refractivity contribution in [3.05, 3.63) is 47.3 Å². The molecular weight excluding hydrogens is 276 g/mol. The number of hydrogen-bond donors (Lipinski definition) is 3. The molecule has 118 valence electrons. The lowest BCUT2D eigenvalue weighted by Gasteiger charge is -2.52. The first kappa shape index (κ1) is 14.3. The molecule has 4 rings (SSSR count). The zero-order chi connectivity index (χ0) is 15.8. The molecule has 22 heavy (non-hydrogen) atoms. The van der Waals surface area contributed by atoms with Gasteiger partial charge in [0.1, 0.15) is 5.76 Å². The van der Waals surface area contributed by atoms with Gasteiger partial charge in [0, 0.05) is 17.8 Å². The number of fused-ring (bicyclic) bond motifs is 5. The third kappa shape index (κ3) is 1.70. The minimum Gasteiger partial charge on any atom is -0.507 e. The molecule has 0 amide bonds. The van der Waals surface area contributed by atoms with Crippen LogP contribution in [0.25, 0.3) is 0 Å². The van der Waals surface area contributed by atoms with Gasteiger partial charge in [0.2, 0.25) is 5.79 Å². The van der Waals surface area contributed by atoms with Crippen molar-refractivity contribution in [2.45, 2.75) is 45.3 Å². The second-order valence-electron chi connectivity index (χ2n) is 8.02. The molecule has 0 heterocycles. The Bertz CT molecular complexity index is 652. The van der Waals surface area contributed by atoms with Crippen LogP contribution in [0.5, 0.6) is 0 Å². The Morgan fingerprint density at radius 3 is 2.73 bits per heavy atom. The number of hydrogen-bond acceptors (Lipinski definition) is 3. The van der Waals surface area contributed by atoms with E-state index in [1.807, 2.05) is 6.08 Å². The maximum Gasteiger partial charge on any atom is 0.226 e. The van der Waals surface area contributed by atoms with Crippen LogP contribution in [0.15, 0.2) is 47.3 Å². The summed E-state index contributed by atoms with van der Waals surface area (Å²) >= 11 is 0. The van der Waals surface area contributed by atoms with Gasteiger partial charge >= 0.3 is 0 Å². The quantitative estimate of drug-likeness (QED) is 0.475. The number of rotatable bonds is 0. The SMILES string of the molecule is C[C@@]12CC=C[C@H]1C1=CC=C3CC(O)(O)C(O)=C[C@]3(C)[C@H]1CC2. The molecule has 0 radical (unpaired) electrons. The lowest BCUT2D eigenvalue weighted by atomic mass is 9.52. The van der Waals surface area contributed by atoms with Crippen LogP contribution in [-0.4, -0.2) is 21.1 Å². The van der Waals surface area contributed by atoms with Crippen LogP contribution in [0.4, 0.5) is 0 Å². The summed E-state index contributed by atoms with van der Waals surface area (Å²) in [6.45, 7) is 4.50. The molecule has 1 fully saturated rings. The highest BCUT2D eigenvalue weighted by Gasteiger charge is 2.53. The largest absolute Gasteiger partial charge is 0.507 e. The van der Waals surface area contributed by atoms with Gasteiger partial charge in [-0.3, -0.25) is 0 Å². The van der Waals surface area contributed by atoms with Gasteiger partial charge in [0.25, 0.3) is 0 Å². The maximum atomic E-state index is 10.1. The summed E-state index contributed by atoms with van der Waals surface area (Å²) in [6.07, 6.45) is 14.1. The van der Waals surface area contributed by atoms with Crippen molar-refractivity contribution in [2.24, 2.45) is 22.7 Å². The smallest absolute Gasteiger partial charge is 0.226 e. The normalized spacial score (nSPS) is 45.2. The lowest BCUT2D eigenvalue weighted by Crippen LogP contribution is -2.46. The monoisotopic (exact) mass is 300 g/mol. The van der Waals surface area contributed by atoms with Crippen molar-refractivity contribution in [2.75, 3.05) is 0 Å². The number of allylic oxidation sites excluding steroid dienone is 6. The summed E-state index contributed by atoms with van der Waals surface area (Å²) in [4.78, 5) is 0. The first-order valence-corrected chi connectivity index (χ1v) is 8.21. The zero-order valence-electron chi connectivity index (χ0n) is 13.2. The molecular formula is C19H24O3. The Morgan fingerprint density at radius 2 is 1.95 bits per heavy atom. The number of aliphatic hydroxyl groups excluding tert-OH is 1. The van der Waals surface area contributed by atoms with Crippen LogP contribution in [0.1, 0.15) is 39.5 Å². The minimum absolute atomic E-state index is 0.0872. The van der Waals surface area contributed by atoms with E-state index in [0.29, 0.717) is 17.3 Å². The van der Waals surface area contributed by atoms with E-state index in [2.05, 4.69) is 32.1 Å². The highest BCUT2D eigenvalue weighted by Crippen LogP contribution is 2.61. The lowest BCUT2D eigenvalue weighted by molar-refractivity contribution is -0.158. The van der Waals surface area contributed by atoms with Gasteiger partial charge in [-0.25, -0.2) is 0 Å². The van der Waals surface area contributed by atoms with Gasteiger partial charge in [0.15, 0.2) is 0 Å². The predicted molar refractivity (Wildman–Crippen MR) is 84.8 cm³/mol. The van der Waals surface area contributed by atoms with E-state index in [9.17, 15) is 15.3 Å². The first-order chi connectivity index (χ1) is 10.3. The van der Waals surface area contributed by atoms with Crippen LogP contribution >= 0.6 is 0 Å². The molecule has 4 aliphatic carbocycles. The van der Waals surface area contributed by atoms with E-state index in [1.54, 1.807) is 6.08 Å². The molecule has 0 aromatic carbocycles. The predicted octanol–water partition coefficient (Wildman–Crippen LogP) is 3.38. The van der Waals surface area contributed by atoms with Crippen molar-refractivity contribution in [3.8, 4) is 0 Å². The fraction of sp³-hybridized carbons (Fsp3) is 0.579. The van der Waals surface area contributed by atoms with Gasteiger partial charge in [-0.2, -0.15) is 0 Å². The molecule has 4 atom stereocenters. The summed E-state index contributed by atoms with van der Waals surface area (Å²) in [5, 5.41) is 30.0. The van der Waals surface area contributed by atoms with E-state index in [4.69, 9.17) is 0 Å². The highest BCUT2D eigenvalue weighted by molar-refractivity contribution is 5.45. The van der Waals surface area contributed by atoms with Crippen molar-refractivity contribution >= 4 is 0 Å². The van der Waals surface area contributed by atoms with Gasteiger partial charge in [-0.1, -0.05) is 49.3 Å². The third-order valence-corrected chi connectivity index (χ3v) is 6.61. The zero-order valence-corrected chi connectivity index (χ0v) is 13.2. The van der Waals surface area contributed by atoms with Crippen molar-refractivity contribution in [1.29, 1.82) is 0 Å². The molecule has 0 aromatic rings. The molecule has 3 nitrogen and oxygen atoms in total. The molecule has 0 bridgehead atoms. The Hall–Kier alpha value is -1.32. The summed E-state index contributed by atoms with van der Waals surface area (Å²) in [6, 6.07) is 0. The first-order valence-electron chi connectivity index (χ1n) is 8.21. The molecule has 1 saturated carbocycles. The molecule has 0 spiro atoms. The van der Waals surface area contributed by atoms with Crippen molar-refractivity contribution in [1.82, 2.24) is 0 Å². The van der Waals surface area contributed by atoms with E-state index in [-0.39, 0.29) is 17.6 Å². The van der Waals surface area contributed by atoms with Gasteiger partial charge in [-0.15, -0.1) is 0 Å². The Kier molecular flexibility index (Phi) is 2.69. The molecule has 0 saturated heterocycles. The summed E-state index contributed by atoms with van der Waals surface area (Å²) < 4.78 is 0. The fourth-order valence-electron chi connectivity index (χ4n) is 5.13. The molecule has 0 aromatic heterocycles. The average Bonchev–Trinajstić information content (AvgIpc) is 2.82. The molecule has 3 heteroatoms. The van der Waals surface area contributed by atoms with Crippen molar-refractivity contribution < 1.29 is 15.3 Å². The van der Waals surface area contributed by atoms with E-state index < -0.39 is 5.79 Å². The Labute approximate surface area is 131 Å².